The number of carbonyl (C=O) groups is 2. The first-order valence-corrected chi connectivity index (χ1v) is 5.28. The lowest BCUT2D eigenvalue weighted by molar-refractivity contribution is -0.135. The normalized spacial score (nSPS) is 31.5. The largest absolute Gasteiger partial charge is 0.391 e. The Kier molecular flexibility index (Phi) is 2.65. The Morgan fingerprint density at radius 3 is 2.67 bits per heavy atom. The molecule has 0 saturated carbocycles. The van der Waals surface area contributed by atoms with Crippen molar-refractivity contribution >= 4 is 11.8 Å². The van der Waals surface area contributed by atoms with E-state index >= 15 is 0 Å². The molecule has 2 amide bonds. The van der Waals surface area contributed by atoms with Crippen molar-refractivity contribution in [3.8, 4) is 0 Å². The second-order valence-corrected chi connectivity index (χ2v) is 4.40. The van der Waals surface area contributed by atoms with Gasteiger partial charge in [-0.2, -0.15) is 0 Å². The average molecular weight is 212 g/mol. The smallest absolute Gasteiger partial charge is 0.228 e. The van der Waals surface area contributed by atoms with Crippen LogP contribution in [0.5, 0.6) is 0 Å². The molecule has 0 radical (unpaired) electrons. The summed E-state index contributed by atoms with van der Waals surface area (Å²) in [5.41, 5.74) is 0. The number of carbonyl (C=O) groups excluding carboxylic acids is 2. The molecule has 0 aliphatic carbocycles. The second kappa shape index (κ2) is 3.81. The van der Waals surface area contributed by atoms with Gasteiger partial charge in [0.1, 0.15) is 0 Å². The van der Waals surface area contributed by atoms with Crippen LogP contribution in [-0.2, 0) is 9.59 Å². The number of hydrogen-bond acceptors (Lipinski definition) is 3. The van der Waals surface area contributed by atoms with E-state index < -0.39 is 0 Å². The molecule has 2 atom stereocenters. The Morgan fingerprint density at radius 2 is 2.20 bits per heavy atom. The van der Waals surface area contributed by atoms with Crippen molar-refractivity contribution < 1.29 is 14.7 Å². The van der Waals surface area contributed by atoms with E-state index in [1.807, 2.05) is 0 Å². The summed E-state index contributed by atoms with van der Waals surface area (Å²) in [5.74, 6) is -0.148. The number of likely N-dealkylation sites (tertiary alicyclic amines) is 2. The minimum absolute atomic E-state index is 0.0178. The third-order valence-electron chi connectivity index (χ3n) is 3.17. The first-order valence-electron chi connectivity index (χ1n) is 5.28. The van der Waals surface area contributed by atoms with E-state index in [1.165, 1.54) is 0 Å². The highest BCUT2D eigenvalue weighted by molar-refractivity contribution is 5.89. The monoisotopic (exact) mass is 212 g/mol. The van der Waals surface area contributed by atoms with Crippen molar-refractivity contribution in [1.82, 2.24) is 9.80 Å². The number of hydrogen-bond donors (Lipinski definition) is 1. The van der Waals surface area contributed by atoms with Crippen molar-refractivity contribution in [1.29, 1.82) is 0 Å². The molecular weight excluding hydrogens is 196 g/mol. The van der Waals surface area contributed by atoms with E-state index in [-0.39, 0.29) is 23.8 Å². The van der Waals surface area contributed by atoms with E-state index in [9.17, 15) is 14.7 Å². The Bertz CT molecular complexity index is 292. The summed E-state index contributed by atoms with van der Waals surface area (Å²) in [4.78, 5) is 26.5. The van der Waals surface area contributed by atoms with Crippen molar-refractivity contribution in [2.24, 2.45) is 5.92 Å². The van der Waals surface area contributed by atoms with Crippen molar-refractivity contribution in [2.75, 3.05) is 26.7 Å². The molecule has 84 valence electrons. The number of nitrogens with zero attached hydrogens (tertiary/aromatic N) is 2. The highest BCUT2D eigenvalue weighted by Gasteiger charge is 2.36. The second-order valence-electron chi connectivity index (χ2n) is 4.40. The van der Waals surface area contributed by atoms with E-state index in [1.54, 1.807) is 16.8 Å². The standard InChI is InChI=1S/C10H16N2O3/c1-11-5-7(4-9(11)14)10(15)12-3-2-8(13)6-12/h7-8,13H,2-6H2,1H3/t7?,8-/m0/s1. The maximum Gasteiger partial charge on any atom is 0.228 e. The van der Waals surface area contributed by atoms with Crippen LogP contribution in [0.4, 0.5) is 0 Å². The number of rotatable bonds is 1. The maximum atomic E-state index is 11.9. The van der Waals surface area contributed by atoms with Gasteiger partial charge >= 0.3 is 0 Å². The van der Waals surface area contributed by atoms with Gasteiger partial charge in [0.25, 0.3) is 0 Å². The van der Waals surface area contributed by atoms with Crippen LogP contribution in [0.25, 0.3) is 0 Å². The average Bonchev–Trinajstić information content (AvgIpc) is 2.74. The van der Waals surface area contributed by atoms with Crippen LogP contribution in [0.15, 0.2) is 0 Å². The summed E-state index contributed by atoms with van der Waals surface area (Å²) in [6, 6.07) is 0. The lowest BCUT2D eigenvalue weighted by Gasteiger charge is -2.19. The Hall–Kier alpha value is -1.10. The fourth-order valence-corrected chi connectivity index (χ4v) is 2.23. The molecule has 5 nitrogen and oxygen atoms in total. The summed E-state index contributed by atoms with van der Waals surface area (Å²) in [6.07, 6.45) is 0.591. The summed E-state index contributed by atoms with van der Waals surface area (Å²) in [5, 5.41) is 9.32. The molecule has 15 heavy (non-hydrogen) atoms. The van der Waals surface area contributed by atoms with Crippen LogP contribution in [-0.4, -0.2) is 59.5 Å². The van der Waals surface area contributed by atoms with Crippen LogP contribution < -0.4 is 0 Å². The predicted octanol–water partition coefficient (Wildman–Crippen LogP) is -0.942. The highest BCUT2D eigenvalue weighted by atomic mass is 16.3. The molecule has 2 heterocycles. The molecule has 2 rings (SSSR count). The van der Waals surface area contributed by atoms with Gasteiger partial charge in [-0.15, -0.1) is 0 Å². The SMILES string of the molecule is CN1CC(C(=O)N2CC[C@H](O)C2)CC1=O. The van der Waals surface area contributed by atoms with E-state index in [2.05, 4.69) is 0 Å². The zero-order valence-corrected chi connectivity index (χ0v) is 8.85. The molecule has 0 bridgehead atoms. The summed E-state index contributed by atoms with van der Waals surface area (Å²) >= 11 is 0. The molecule has 2 aliphatic heterocycles. The first kappa shape index (κ1) is 10.4. The van der Waals surface area contributed by atoms with Crippen LogP contribution >= 0.6 is 0 Å². The van der Waals surface area contributed by atoms with Crippen LogP contribution in [0, 0.1) is 5.92 Å². The zero-order valence-electron chi connectivity index (χ0n) is 8.85. The number of amides is 2. The lowest BCUT2D eigenvalue weighted by Crippen LogP contribution is -2.36. The minimum Gasteiger partial charge on any atom is -0.391 e. The molecule has 5 heteroatoms. The molecule has 2 aliphatic rings. The fourth-order valence-electron chi connectivity index (χ4n) is 2.23. The Labute approximate surface area is 88.6 Å². The van der Waals surface area contributed by atoms with Gasteiger partial charge < -0.3 is 14.9 Å². The fraction of sp³-hybridized carbons (Fsp3) is 0.800. The highest BCUT2D eigenvalue weighted by Crippen LogP contribution is 2.21. The van der Waals surface area contributed by atoms with Gasteiger partial charge in [0.2, 0.25) is 11.8 Å². The molecule has 0 aromatic rings. The number of β-amino-alcohol motifs (C(OH)–C–C–N with tert-alkyl or cyclic N) is 1. The molecule has 0 aromatic carbocycles. The lowest BCUT2D eigenvalue weighted by atomic mass is 10.1. The minimum atomic E-state index is -0.385. The van der Waals surface area contributed by atoms with Crippen molar-refractivity contribution in [2.45, 2.75) is 18.9 Å². The molecule has 0 spiro atoms. The molecule has 0 aromatic heterocycles. The quantitative estimate of drug-likeness (QED) is 0.610. The summed E-state index contributed by atoms with van der Waals surface area (Å²) in [6.45, 7) is 1.56. The third kappa shape index (κ3) is 1.97. The molecule has 1 N–H and O–H groups in total. The third-order valence-corrected chi connectivity index (χ3v) is 3.17. The maximum absolute atomic E-state index is 11.9. The number of aliphatic hydroxyl groups excluding tert-OH is 1. The van der Waals surface area contributed by atoms with E-state index in [4.69, 9.17) is 0 Å². The van der Waals surface area contributed by atoms with Gasteiger partial charge in [0.15, 0.2) is 0 Å². The van der Waals surface area contributed by atoms with E-state index in [0.717, 1.165) is 0 Å². The van der Waals surface area contributed by atoms with Crippen molar-refractivity contribution in [3.05, 3.63) is 0 Å². The molecule has 2 fully saturated rings. The molecule has 1 unspecified atom stereocenters. The summed E-state index contributed by atoms with van der Waals surface area (Å²) < 4.78 is 0. The zero-order chi connectivity index (χ0) is 11.0. The van der Waals surface area contributed by atoms with Gasteiger partial charge in [-0.1, -0.05) is 0 Å². The van der Waals surface area contributed by atoms with Gasteiger partial charge in [-0.3, -0.25) is 9.59 Å². The topological polar surface area (TPSA) is 60.9 Å². The van der Waals surface area contributed by atoms with Crippen LogP contribution in [0.3, 0.4) is 0 Å². The van der Waals surface area contributed by atoms with Gasteiger partial charge in [-0.25, -0.2) is 0 Å². The van der Waals surface area contributed by atoms with Crippen LogP contribution in [0.1, 0.15) is 12.8 Å². The van der Waals surface area contributed by atoms with Crippen molar-refractivity contribution in [3.63, 3.8) is 0 Å². The number of aliphatic hydroxyl groups is 1. The Balaban J connectivity index is 1.94. The molecular formula is C10H16N2O3. The van der Waals surface area contributed by atoms with E-state index in [0.29, 0.717) is 32.5 Å². The van der Waals surface area contributed by atoms with Gasteiger partial charge in [0.05, 0.1) is 12.0 Å². The summed E-state index contributed by atoms with van der Waals surface area (Å²) in [7, 11) is 1.72. The van der Waals surface area contributed by atoms with Gasteiger partial charge in [-0.05, 0) is 6.42 Å². The molecule has 2 saturated heterocycles. The first-order chi connectivity index (χ1) is 7.08. The predicted molar refractivity (Wildman–Crippen MR) is 52.9 cm³/mol. The Morgan fingerprint density at radius 1 is 1.47 bits per heavy atom. The van der Waals surface area contributed by atoms with Gasteiger partial charge in [0, 0.05) is 33.1 Å². The van der Waals surface area contributed by atoms with Crippen LogP contribution in [0.2, 0.25) is 0 Å².